The van der Waals surface area contributed by atoms with Crippen LogP contribution in [-0.4, -0.2) is 24.1 Å². The Morgan fingerprint density at radius 2 is 2.44 bits per heavy atom. The largest absolute Gasteiger partial charge is 0.501 e. The maximum absolute atomic E-state index is 11.7. The Balaban J connectivity index is 2.43. The first-order valence-electron chi connectivity index (χ1n) is 5.66. The van der Waals surface area contributed by atoms with Crippen molar-refractivity contribution in [2.24, 2.45) is 5.92 Å². The number of carbonyl (C=O) groups excluding carboxylic acids is 1. The van der Waals surface area contributed by atoms with Crippen LogP contribution in [0.15, 0.2) is 24.0 Å². The second kappa shape index (κ2) is 5.85. The summed E-state index contributed by atoms with van der Waals surface area (Å²) in [6.45, 7) is 5.50. The first kappa shape index (κ1) is 13.0. The van der Waals surface area contributed by atoms with E-state index in [0.29, 0.717) is 6.42 Å². The van der Waals surface area contributed by atoms with Crippen LogP contribution in [0, 0.1) is 5.92 Å². The summed E-state index contributed by atoms with van der Waals surface area (Å²) in [4.78, 5) is 11.7. The smallest absolute Gasteiger partial charge is 0.162 e. The number of rotatable bonds is 5. The van der Waals surface area contributed by atoms with Crippen molar-refractivity contribution in [1.29, 1.82) is 0 Å². The number of ether oxygens (including phenoxy) is 1. The van der Waals surface area contributed by atoms with E-state index in [2.05, 4.69) is 6.58 Å². The van der Waals surface area contributed by atoms with Crippen molar-refractivity contribution >= 4 is 5.78 Å². The number of hydrogen-bond acceptors (Lipinski definition) is 3. The maximum Gasteiger partial charge on any atom is 0.162 e. The summed E-state index contributed by atoms with van der Waals surface area (Å²) in [7, 11) is 1.59. The SMILES string of the molecule is C=C(C)[C@@H](O)CCC1CCC(OC)=CC1=O. The van der Waals surface area contributed by atoms with Gasteiger partial charge in [-0.1, -0.05) is 12.2 Å². The maximum atomic E-state index is 11.7. The normalized spacial score (nSPS) is 22.6. The Hall–Kier alpha value is -1.09. The predicted molar refractivity (Wildman–Crippen MR) is 62.9 cm³/mol. The molecule has 0 saturated carbocycles. The van der Waals surface area contributed by atoms with E-state index in [9.17, 15) is 9.90 Å². The molecule has 0 aliphatic heterocycles. The second-order valence-electron chi connectivity index (χ2n) is 4.39. The molecule has 3 heteroatoms. The Labute approximate surface area is 96.8 Å². The molecule has 1 rings (SSSR count). The number of carbonyl (C=O) groups is 1. The molecule has 0 amide bonds. The molecule has 1 N–H and O–H groups in total. The lowest BCUT2D eigenvalue weighted by atomic mass is 9.87. The van der Waals surface area contributed by atoms with E-state index in [1.807, 2.05) is 0 Å². The average Bonchev–Trinajstić information content (AvgIpc) is 2.26. The van der Waals surface area contributed by atoms with Gasteiger partial charge in [0, 0.05) is 18.4 Å². The molecule has 0 aromatic heterocycles. The van der Waals surface area contributed by atoms with Crippen LogP contribution in [-0.2, 0) is 9.53 Å². The highest BCUT2D eigenvalue weighted by molar-refractivity contribution is 5.92. The first-order chi connectivity index (χ1) is 7.54. The molecule has 2 atom stereocenters. The monoisotopic (exact) mass is 224 g/mol. The highest BCUT2D eigenvalue weighted by atomic mass is 16.5. The molecule has 1 aliphatic rings. The highest BCUT2D eigenvalue weighted by Crippen LogP contribution is 2.25. The number of ketones is 1. The van der Waals surface area contributed by atoms with Crippen LogP contribution < -0.4 is 0 Å². The summed E-state index contributed by atoms with van der Waals surface area (Å²) >= 11 is 0. The molecule has 1 aliphatic carbocycles. The van der Waals surface area contributed by atoms with E-state index < -0.39 is 6.10 Å². The van der Waals surface area contributed by atoms with Gasteiger partial charge >= 0.3 is 0 Å². The van der Waals surface area contributed by atoms with Crippen molar-refractivity contribution in [3.63, 3.8) is 0 Å². The second-order valence-corrected chi connectivity index (χ2v) is 4.39. The van der Waals surface area contributed by atoms with E-state index in [-0.39, 0.29) is 11.7 Å². The molecule has 0 aromatic rings. The van der Waals surface area contributed by atoms with Crippen molar-refractivity contribution in [2.45, 2.75) is 38.7 Å². The summed E-state index contributed by atoms with van der Waals surface area (Å²) < 4.78 is 5.05. The fourth-order valence-corrected chi connectivity index (χ4v) is 1.86. The summed E-state index contributed by atoms with van der Waals surface area (Å²) in [6.07, 6.45) is 4.07. The average molecular weight is 224 g/mol. The molecule has 0 spiro atoms. The summed E-state index contributed by atoms with van der Waals surface area (Å²) in [5, 5.41) is 9.59. The minimum absolute atomic E-state index is 0.0351. The molecular formula is C13H20O3. The molecule has 1 unspecified atom stereocenters. The van der Waals surface area contributed by atoms with Gasteiger partial charge in [0.25, 0.3) is 0 Å². The molecule has 0 fully saturated rings. The Morgan fingerprint density at radius 1 is 1.75 bits per heavy atom. The third kappa shape index (κ3) is 3.49. The van der Waals surface area contributed by atoms with Gasteiger partial charge in [-0.25, -0.2) is 0 Å². The minimum Gasteiger partial charge on any atom is -0.501 e. The predicted octanol–water partition coefficient (Wildman–Crippen LogP) is 2.21. The molecule has 16 heavy (non-hydrogen) atoms. The summed E-state index contributed by atoms with van der Waals surface area (Å²) in [5.41, 5.74) is 0.761. The zero-order chi connectivity index (χ0) is 12.1. The van der Waals surface area contributed by atoms with Crippen LogP contribution in [0.3, 0.4) is 0 Å². The number of aliphatic hydroxyl groups excluding tert-OH is 1. The first-order valence-corrected chi connectivity index (χ1v) is 5.66. The molecule has 0 saturated heterocycles. The van der Waals surface area contributed by atoms with Gasteiger partial charge in [0.2, 0.25) is 0 Å². The lowest BCUT2D eigenvalue weighted by molar-refractivity contribution is -0.119. The molecular weight excluding hydrogens is 204 g/mol. The third-order valence-corrected chi connectivity index (χ3v) is 3.06. The van der Waals surface area contributed by atoms with Crippen molar-refractivity contribution in [1.82, 2.24) is 0 Å². The summed E-state index contributed by atoms with van der Waals surface area (Å²) in [5.74, 6) is 0.923. The molecule has 0 heterocycles. The Morgan fingerprint density at radius 3 is 2.94 bits per heavy atom. The lowest BCUT2D eigenvalue weighted by Gasteiger charge is -2.21. The van der Waals surface area contributed by atoms with Crippen molar-refractivity contribution < 1.29 is 14.6 Å². The third-order valence-electron chi connectivity index (χ3n) is 3.06. The van der Waals surface area contributed by atoms with Gasteiger partial charge in [0.1, 0.15) is 0 Å². The molecule has 0 aromatic carbocycles. The lowest BCUT2D eigenvalue weighted by Crippen LogP contribution is -2.20. The molecule has 90 valence electrons. The Kier molecular flexibility index (Phi) is 4.74. The van der Waals surface area contributed by atoms with E-state index in [1.54, 1.807) is 20.1 Å². The van der Waals surface area contributed by atoms with Crippen LogP contribution >= 0.6 is 0 Å². The fourth-order valence-electron chi connectivity index (χ4n) is 1.86. The number of methoxy groups -OCH3 is 1. The molecule has 0 radical (unpaired) electrons. The van der Waals surface area contributed by atoms with Gasteiger partial charge in [0.15, 0.2) is 5.78 Å². The van der Waals surface area contributed by atoms with Gasteiger partial charge < -0.3 is 9.84 Å². The van der Waals surface area contributed by atoms with Crippen molar-refractivity contribution in [2.75, 3.05) is 7.11 Å². The van der Waals surface area contributed by atoms with E-state index >= 15 is 0 Å². The van der Waals surface area contributed by atoms with Gasteiger partial charge in [-0.3, -0.25) is 4.79 Å². The summed E-state index contributed by atoms with van der Waals surface area (Å²) in [6, 6.07) is 0. The van der Waals surface area contributed by atoms with Crippen LogP contribution in [0.1, 0.15) is 32.6 Å². The van der Waals surface area contributed by atoms with Gasteiger partial charge in [-0.2, -0.15) is 0 Å². The minimum atomic E-state index is -0.486. The molecule has 3 nitrogen and oxygen atoms in total. The van der Waals surface area contributed by atoms with Gasteiger partial charge in [-0.05, 0) is 26.2 Å². The number of allylic oxidation sites excluding steroid dienone is 2. The zero-order valence-corrected chi connectivity index (χ0v) is 10.0. The van der Waals surface area contributed by atoms with E-state index in [1.165, 1.54) is 0 Å². The van der Waals surface area contributed by atoms with Gasteiger partial charge in [-0.15, -0.1) is 0 Å². The topological polar surface area (TPSA) is 46.5 Å². The van der Waals surface area contributed by atoms with Gasteiger partial charge in [0.05, 0.1) is 19.0 Å². The standard InChI is InChI=1S/C13H20O3/c1-9(2)12(14)7-5-10-4-6-11(16-3)8-13(10)15/h8,10,12,14H,1,4-7H2,2-3H3/t10?,12-/m0/s1. The zero-order valence-electron chi connectivity index (χ0n) is 10.0. The quantitative estimate of drug-likeness (QED) is 0.728. The van der Waals surface area contributed by atoms with E-state index in [0.717, 1.165) is 30.6 Å². The van der Waals surface area contributed by atoms with Crippen molar-refractivity contribution in [3.05, 3.63) is 24.0 Å². The van der Waals surface area contributed by atoms with Crippen LogP contribution in [0.2, 0.25) is 0 Å². The fraction of sp³-hybridized carbons (Fsp3) is 0.615. The number of aliphatic hydroxyl groups is 1. The van der Waals surface area contributed by atoms with Crippen LogP contribution in [0.4, 0.5) is 0 Å². The van der Waals surface area contributed by atoms with E-state index in [4.69, 9.17) is 4.74 Å². The van der Waals surface area contributed by atoms with Crippen LogP contribution in [0.5, 0.6) is 0 Å². The van der Waals surface area contributed by atoms with Crippen molar-refractivity contribution in [3.8, 4) is 0 Å². The number of hydrogen-bond donors (Lipinski definition) is 1. The van der Waals surface area contributed by atoms with Crippen LogP contribution in [0.25, 0.3) is 0 Å². The molecule has 0 bridgehead atoms. The highest BCUT2D eigenvalue weighted by Gasteiger charge is 2.23. The Bertz CT molecular complexity index is 304.